The van der Waals surface area contributed by atoms with Crippen molar-refractivity contribution < 1.29 is 34.8 Å². The number of alkyl halides is 6. The summed E-state index contributed by atoms with van der Waals surface area (Å²) in [7, 11) is -1.24. The number of benzene rings is 1. The molecule has 2 heterocycles. The summed E-state index contributed by atoms with van der Waals surface area (Å²) < 4.78 is 104. The minimum Gasteiger partial charge on any atom is -0.351 e. The molecule has 7 nitrogen and oxygen atoms in total. The van der Waals surface area contributed by atoms with E-state index in [-0.39, 0.29) is 16.8 Å². The molecule has 0 radical (unpaired) electrons. The number of aromatic amines is 1. The number of hydrogen-bond donors (Lipinski definition) is 2. The lowest BCUT2D eigenvalue weighted by atomic mass is 10.1. The van der Waals surface area contributed by atoms with E-state index in [1.54, 1.807) is 0 Å². The van der Waals surface area contributed by atoms with Crippen LogP contribution in [-0.4, -0.2) is 36.8 Å². The molecular formula is C18H14F6N4O3S. The zero-order chi connectivity index (χ0) is 24.1. The number of nitrogens with zero attached hydrogens (tertiary/aromatic N) is 2. The van der Waals surface area contributed by atoms with Crippen LogP contribution in [0.15, 0.2) is 46.2 Å². The SMILES string of the molecule is CN(C)S(=O)(=O)c1ccc(Nc2cc(C(F)(F)F)cc3[nH]c(C(F)(F)F)cc(=O)c23)nc1. The lowest BCUT2D eigenvalue weighted by Crippen LogP contribution is -2.22. The molecule has 2 N–H and O–H groups in total. The van der Waals surface area contributed by atoms with E-state index in [1.807, 2.05) is 4.98 Å². The second-order valence-electron chi connectivity index (χ2n) is 6.78. The monoisotopic (exact) mass is 480 g/mol. The molecule has 0 aliphatic rings. The van der Waals surface area contributed by atoms with Crippen LogP contribution in [0.2, 0.25) is 0 Å². The van der Waals surface area contributed by atoms with Crippen molar-refractivity contribution in [3.8, 4) is 0 Å². The number of pyridine rings is 2. The van der Waals surface area contributed by atoms with Gasteiger partial charge in [0.1, 0.15) is 16.4 Å². The van der Waals surface area contributed by atoms with Crippen LogP contribution in [0.3, 0.4) is 0 Å². The quantitative estimate of drug-likeness (QED) is 0.552. The Bertz CT molecular complexity index is 1330. The van der Waals surface area contributed by atoms with Crippen LogP contribution < -0.4 is 10.7 Å². The number of nitrogens with one attached hydrogen (secondary N) is 2. The van der Waals surface area contributed by atoms with Crippen LogP contribution in [0.25, 0.3) is 10.9 Å². The van der Waals surface area contributed by atoms with Gasteiger partial charge in [-0.15, -0.1) is 0 Å². The highest BCUT2D eigenvalue weighted by atomic mass is 32.2. The van der Waals surface area contributed by atoms with Gasteiger partial charge in [-0.25, -0.2) is 17.7 Å². The predicted molar refractivity (Wildman–Crippen MR) is 103 cm³/mol. The summed E-state index contributed by atoms with van der Waals surface area (Å²) in [6.07, 6.45) is -8.96. The first-order valence-electron chi connectivity index (χ1n) is 8.62. The van der Waals surface area contributed by atoms with Crippen molar-refractivity contribution in [2.45, 2.75) is 17.2 Å². The molecule has 0 unspecified atom stereocenters. The molecule has 32 heavy (non-hydrogen) atoms. The van der Waals surface area contributed by atoms with Crippen molar-refractivity contribution >= 4 is 32.4 Å². The summed E-state index contributed by atoms with van der Waals surface area (Å²) in [5, 5.41) is 1.99. The van der Waals surface area contributed by atoms with Gasteiger partial charge in [0.05, 0.1) is 22.2 Å². The van der Waals surface area contributed by atoms with E-state index in [9.17, 15) is 39.6 Å². The molecule has 0 spiro atoms. The van der Waals surface area contributed by atoms with E-state index in [2.05, 4.69) is 10.3 Å². The molecule has 0 atom stereocenters. The average Bonchev–Trinajstić information content (AvgIpc) is 2.66. The van der Waals surface area contributed by atoms with Gasteiger partial charge in [-0.2, -0.15) is 26.3 Å². The van der Waals surface area contributed by atoms with E-state index in [0.717, 1.165) is 22.6 Å². The third-order valence-corrected chi connectivity index (χ3v) is 6.14. The van der Waals surface area contributed by atoms with E-state index in [0.29, 0.717) is 12.1 Å². The fraction of sp³-hybridized carbons (Fsp3) is 0.222. The Labute approximate surface area is 176 Å². The van der Waals surface area contributed by atoms with Crippen LogP contribution in [-0.2, 0) is 22.4 Å². The maximum atomic E-state index is 13.3. The fourth-order valence-electron chi connectivity index (χ4n) is 2.76. The zero-order valence-electron chi connectivity index (χ0n) is 16.3. The van der Waals surface area contributed by atoms with Gasteiger partial charge < -0.3 is 10.3 Å². The molecule has 0 aliphatic carbocycles. The molecule has 0 saturated carbocycles. The number of sulfonamides is 1. The Morgan fingerprint density at radius 3 is 2.16 bits per heavy atom. The first-order chi connectivity index (χ1) is 14.6. The normalized spacial score (nSPS) is 13.0. The molecule has 0 amide bonds. The minimum atomic E-state index is -4.98. The lowest BCUT2D eigenvalue weighted by Gasteiger charge is -2.15. The van der Waals surface area contributed by atoms with Crippen molar-refractivity contribution in [3.05, 3.63) is 58.0 Å². The Hall–Kier alpha value is -3.13. The lowest BCUT2D eigenvalue weighted by molar-refractivity contribution is -0.141. The first-order valence-corrected chi connectivity index (χ1v) is 10.1. The number of hydrogen-bond acceptors (Lipinski definition) is 5. The molecule has 0 saturated heterocycles. The van der Waals surface area contributed by atoms with Gasteiger partial charge in [-0.05, 0) is 24.3 Å². The van der Waals surface area contributed by atoms with Crippen molar-refractivity contribution in [2.24, 2.45) is 0 Å². The molecule has 1 aromatic carbocycles. The molecule has 14 heteroatoms. The maximum Gasteiger partial charge on any atom is 0.431 e. The average molecular weight is 480 g/mol. The van der Waals surface area contributed by atoms with Crippen LogP contribution in [0.1, 0.15) is 11.3 Å². The largest absolute Gasteiger partial charge is 0.431 e. The molecule has 3 rings (SSSR count). The number of rotatable bonds is 4. The summed E-state index contributed by atoms with van der Waals surface area (Å²) in [5.41, 5.74) is -5.13. The van der Waals surface area contributed by atoms with E-state index >= 15 is 0 Å². The van der Waals surface area contributed by atoms with Gasteiger partial charge >= 0.3 is 12.4 Å². The molecule has 172 valence electrons. The van der Waals surface area contributed by atoms with E-state index < -0.39 is 55.7 Å². The second-order valence-corrected chi connectivity index (χ2v) is 8.93. The number of halogens is 6. The Morgan fingerprint density at radius 1 is 1.00 bits per heavy atom. The van der Waals surface area contributed by atoms with Crippen molar-refractivity contribution in [2.75, 3.05) is 19.4 Å². The summed E-state index contributed by atoms with van der Waals surface area (Å²) in [5.74, 6) is -0.136. The summed E-state index contributed by atoms with van der Waals surface area (Å²) in [6, 6.07) is 3.46. The van der Waals surface area contributed by atoms with Crippen molar-refractivity contribution in [3.63, 3.8) is 0 Å². The van der Waals surface area contributed by atoms with Gasteiger partial charge in [0, 0.05) is 26.4 Å². The Morgan fingerprint density at radius 2 is 1.66 bits per heavy atom. The number of aromatic nitrogens is 2. The van der Waals surface area contributed by atoms with Gasteiger partial charge in [-0.1, -0.05) is 0 Å². The van der Waals surface area contributed by atoms with Crippen LogP contribution >= 0.6 is 0 Å². The van der Waals surface area contributed by atoms with Gasteiger partial charge in [-0.3, -0.25) is 4.79 Å². The highest BCUT2D eigenvalue weighted by molar-refractivity contribution is 7.89. The van der Waals surface area contributed by atoms with E-state index in [1.165, 1.54) is 14.1 Å². The molecule has 3 aromatic rings. The highest BCUT2D eigenvalue weighted by Gasteiger charge is 2.35. The minimum absolute atomic E-state index is 0.136. The Kier molecular flexibility index (Phi) is 5.72. The van der Waals surface area contributed by atoms with Crippen LogP contribution in [0.5, 0.6) is 0 Å². The van der Waals surface area contributed by atoms with Gasteiger partial charge in [0.25, 0.3) is 0 Å². The molecule has 0 fully saturated rings. The smallest absolute Gasteiger partial charge is 0.351 e. The van der Waals surface area contributed by atoms with Crippen molar-refractivity contribution in [1.29, 1.82) is 0 Å². The van der Waals surface area contributed by atoms with Gasteiger partial charge in [0.2, 0.25) is 10.0 Å². The van der Waals surface area contributed by atoms with Gasteiger partial charge in [0.15, 0.2) is 5.43 Å². The molecule has 2 aromatic heterocycles. The summed E-state index contributed by atoms with van der Waals surface area (Å²) in [6.45, 7) is 0. The summed E-state index contributed by atoms with van der Waals surface area (Å²) >= 11 is 0. The van der Waals surface area contributed by atoms with Crippen molar-refractivity contribution in [1.82, 2.24) is 14.3 Å². The maximum absolute atomic E-state index is 13.3. The standard InChI is InChI=1S/C18H14F6N4O3S/c1-28(2)32(30,31)10-3-4-15(25-8-10)27-12-6-9(17(19,20)21)5-11-16(12)13(29)7-14(26-11)18(22,23)24/h3-8H,1-2H3,(H,25,27)(H,26,29). The third kappa shape index (κ3) is 4.55. The summed E-state index contributed by atoms with van der Waals surface area (Å²) in [4.78, 5) is 17.8. The topological polar surface area (TPSA) is 95.2 Å². The number of fused-ring (bicyclic) bond motifs is 1. The van der Waals surface area contributed by atoms with Crippen LogP contribution in [0.4, 0.5) is 37.8 Å². The molecule has 0 bridgehead atoms. The number of anilines is 2. The number of H-pyrrole nitrogens is 1. The zero-order valence-corrected chi connectivity index (χ0v) is 17.1. The second kappa shape index (κ2) is 7.78. The molecule has 0 aliphatic heterocycles. The van der Waals surface area contributed by atoms with E-state index in [4.69, 9.17) is 0 Å². The van der Waals surface area contributed by atoms with Crippen LogP contribution in [0, 0.1) is 0 Å². The third-order valence-electron chi connectivity index (χ3n) is 4.34. The highest BCUT2D eigenvalue weighted by Crippen LogP contribution is 2.36. The fourth-order valence-corrected chi connectivity index (χ4v) is 3.61. The molecular weight excluding hydrogens is 466 g/mol. The Balaban J connectivity index is 2.16. The predicted octanol–water partition coefficient (Wildman–Crippen LogP) is 3.95. The first kappa shape index (κ1) is 23.5.